The number of hydrogen-bond acceptors (Lipinski definition) is 5. The van der Waals surface area contributed by atoms with Crippen molar-refractivity contribution in [3.63, 3.8) is 0 Å². The first kappa shape index (κ1) is 15.7. The Morgan fingerprint density at radius 2 is 1.88 bits per heavy atom. The van der Waals surface area contributed by atoms with Crippen LogP contribution in [-0.2, 0) is 11.2 Å². The van der Waals surface area contributed by atoms with E-state index in [1.807, 2.05) is 53.4 Å². The molecule has 0 bridgehead atoms. The number of hydrogen-bond donors (Lipinski definition) is 1. The monoisotopic (exact) mass is 351 g/mol. The van der Waals surface area contributed by atoms with Crippen molar-refractivity contribution >= 4 is 29.3 Å². The number of carbonyl (C=O) groups is 1. The zero-order valence-corrected chi connectivity index (χ0v) is 14.3. The first-order chi connectivity index (χ1) is 12.2. The fourth-order valence-corrected chi connectivity index (χ4v) is 3.78. The molecule has 1 aliphatic rings. The molecule has 0 aliphatic carbocycles. The Hall–Kier alpha value is -2.80. The number of nitrogen functional groups attached to an aromatic ring is 1. The molecule has 0 unspecified atom stereocenters. The third-order valence-corrected chi connectivity index (χ3v) is 5.02. The molecule has 4 rings (SSSR count). The molecule has 1 amide bonds. The van der Waals surface area contributed by atoms with E-state index in [-0.39, 0.29) is 11.9 Å². The van der Waals surface area contributed by atoms with Gasteiger partial charge in [0.1, 0.15) is 0 Å². The molecule has 2 heterocycles. The summed E-state index contributed by atoms with van der Waals surface area (Å²) < 4.78 is 1.67. The number of rotatable bonds is 4. The Balaban J connectivity index is 1.50. The summed E-state index contributed by atoms with van der Waals surface area (Å²) in [5.41, 5.74) is 8.86. The van der Waals surface area contributed by atoms with Crippen LogP contribution in [0.3, 0.4) is 0 Å². The number of para-hydroxylation sites is 2. The van der Waals surface area contributed by atoms with Crippen LogP contribution in [0.2, 0.25) is 0 Å². The molecular weight excluding hydrogens is 334 g/mol. The van der Waals surface area contributed by atoms with Gasteiger partial charge in [0.05, 0.1) is 11.4 Å². The maximum absolute atomic E-state index is 12.7. The van der Waals surface area contributed by atoms with E-state index >= 15 is 0 Å². The highest BCUT2D eigenvalue weighted by Crippen LogP contribution is 2.29. The van der Waals surface area contributed by atoms with Gasteiger partial charge in [-0.05, 0) is 30.2 Å². The van der Waals surface area contributed by atoms with E-state index in [9.17, 15) is 4.79 Å². The second-order valence-electron chi connectivity index (χ2n) is 5.71. The van der Waals surface area contributed by atoms with Gasteiger partial charge in [0.15, 0.2) is 5.16 Å². The number of carbonyl (C=O) groups excluding carboxylic acids is 1. The average Bonchev–Trinajstić information content (AvgIpc) is 3.24. The van der Waals surface area contributed by atoms with E-state index in [0.29, 0.717) is 10.9 Å². The van der Waals surface area contributed by atoms with Crippen molar-refractivity contribution in [2.24, 2.45) is 0 Å². The first-order valence-electron chi connectivity index (χ1n) is 8.01. The Morgan fingerprint density at radius 3 is 2.72 bits per heavy atom. The van der Waals surface area contributed by atoms with Crippen molar-refractivity contribution in [3.05, 3.63) is 60.2 Å². The molecule has 6 nitrogen and oxygen atoms in total. The lowest BCUT2D eigenvalue weighted by Crippen LogP contribution is -2.30. The van der Waals surface area contributed by atoms with Crippen molar-refractivity contribution in [2.75, 3.05) is 22.9 Å². The summed E-state index contributed by atoms with van der Waals surface area (Å²) in [6, 6.07) is 17.7. The number of benzene rings is 2. The minimum absolute atomic E-state index is 0.0659. The van der Waals surface area contributed by atoms with Gasteiger partial charge in [-0.25, -0.2) is 4.68 Å². The molecule has 0 spiro atoms. The van der Waals surface area contributed by atoms with Crippen LogP contribution in [0.1, 0.15) is 5.56 Å². The normalized spacial score (nSPS) is 13.0. The molecule has 0 radical (unpaired) electrons. The smallest absolute Gasteiger partial charge is 0.240 e. The third-order valence-electron chi connectivity index (χ3n) is 4.11. The Bertz CT molecular complexity index is 909. The van der Waals surface area contributed by atoms with Crippen LogP contribution in [0, 0.1) is 0 Å². The molecule has 3 aromatic rings. The second-order valence-corrected chi connectivity index (χ2v) is 6.66. The highest BCUT2D eigenvalue weighted by molar-refractivity contribution is 7.99. The van der Waals surface area contributed by atoms with Gasteiger partial charge in [-0.3, -0.25) is 4.79 Å². The first-order valence-corrected chi connectivity index (χ1v) is 9.00. The maximum Gasteiger partial charge on any atom is 0.240 e. The van der Waals surface area contributed by atoms with Crippen LogP contribution in [0.4, 0.5) is 11.6 Å². The molecule has 0 atom stereocenters. The molecule has 2 aromatic carbocycles. The van der Waals surface area contributed by atoms with E-state index in [4.69, 9.17) is 5.73 Å². The molecule has 0 saturated carbocycles. The predicted molar refractivity (Wildman–Crippen MR) is 99.0 cm³/mol. The standard InChI is InChI=1S/C18H17N5OS/c19-17-20-18(23(21-17)14-7-2-1-3-8-14)25-12-16(24)22-11-10-13-6-4-5-9-15(13)22/h1-9H,10-12H2,(H2,19,21). The number of nitrogens with two attached hydrogens (primary N) is 1. The number of aromatic nitrogens is 3. The van der Waals surface area contributed by atoms with Gasteiger partial charge in [-0.1, -0.05) is 48.2 Å². The average molecular weight is 351 g/mol. The molecule has 7 heteroatoms. The van der Waals surface area contributed by atoms with Crippen molar-refractivity contribution in [2.45, 2.75) is 11.6 Å². The maximum atomic E-state index is 12.7. The van der Waals surface area contributed by atoms with Crippen molar-refractivity contribution < 1.29 is 4.79 Å². The van der Waals surface area contributed by atoms with Gasteiger partial charge >= 0.3 is 0 Å². The molecule has 2 N–H and O–H groups in total. The summed E-state index contributed by atoms with van der Waals surface area (Å²) in [4.78, 5) is 18.7. The van der Waals surface area contributed by atoms with Crippen LogP contribution >= 0.6 is 11.8 Å². The summed E-state index contributed by atoms with van der Waals surface area (Å²) in [6.07, 6.45) is 0.903. The fraction of sp³-hybridized carbons (Fsp3) is 0.167. The summed E-state index contributed by atoms with van der Waals surface area (Å²) in [7, 11) is 0. The number of nitrogens with zero attached hydrogens (tertiary/aromatic N) is 4. The highest BCUT2D eigenvalue weighted by atomic mass is 32.2. The number of fused-ring (bicyclic) bond motifs is 1. The van der Waals surface area contributed by atoms with E-state index in [1.165, 1.54) is 17.3 Å². The SMILES string of the molecule is Nc1nc(SCC(=O)N2CCc3ccccc32)n(-c2ccccc2)n1. The molecule has 0 saturated heterocycles. The van der Waals surface area contributed by atoms with E-state index in [2.05, 4.69) is 16.1 Å². The zero-order valence-electron chi connectivity index (χ0n) is 13.5. The van der Waals surface area contributed by atoms with Crippen molar-refractivity contribution in [1.29, 1.82) is 0 Å². The molecule has 1 aliphatic heterocycles. The van der Waals surface area contributed by atoms with Crippen LogP contribution < -0.4 is 10.6 Å². The van der Waals surface area contributed by atoms with Crippen LogP contribution in [-0.4, -0.2) is 33.0 Å². The van der Waals surface area contributed by atoms with Crippen molar-refractivity contribution in [3.8, 4) is 5.69 Å². The lowest BCUT2D eigenvalue weighted by molar-refractivity contribution is -0.116. The highest BCUT2D eigenvalue weighted by Gasteiger charge is 2.24. The van der Waals surface area contributed by atoms with Gasteiger partial charge < -0.3 is 10.6 Å². The number of thioether (sulfide) groups is 1. The number of amides is 1. The molecule has 1 aromatic heterocycles. The summed E-state index contributed by atoms with van der Waals surface area (Å²) in [6.45, 7) is 0.728. The Labute approximate surface area is 149 Å². The Morgan fingerprint density at radius 1 is 1.12 bits per heavy atom. The summed E-state index contributed by atoms with van der Waals surface area (Å²) >= 11 is 1.35. The van der Waals surface area contributed by atoms with Gasteiger partial charge in [-0.15, -0.1) is 5.10 Å². The molecular formula is C18H17N5OS. The van der Waals surface area contributed by atoms with Gasteiger partial charge in [0.25, 0.3) is 0 Å². The fourth-order valence-electron chi connectivity index (χ4n) is 2.95. The largest absolute Gasteiger partial charge is 0.366 e. The molecule has 0 fully saturated rings. The number of anilines is 2. The summed E-state index contributed by atoms with van der Waals surface area (Å²) in [5, 5.41) is 4.85. The van der Waals surface area contributed by atoms with Gasteiger partial charge in [0, 0.05) is 12.2 Å². The van der Waals surface area contributed by atoms with Crippen LogP contribution in [0.5, 0.6) is 0 Å². The predicted octanol–water partition coefficient (Wildman–Crippen LogP) is 2.53. The molecule has 126 valence electrons. The lowest BCUT2D eigenvalue weighted by Gasteiger charge is -2.16. The van der Waals surface area contributed by atoms with Crippen LogP contribution in [0.15, 0.2) is 59.8 Å². The van der Waals surface area contributed by atoms with Crippen molar-refractivity contribution in [1.82, 2.24) is 14.8 Å². The minimum atomic E-state index is 0.0659. The quantitative estimate of drug-likeness (QED) is 0.731. The second kappa shape index (κ2) is 6.60. The zero-order chi connectivity index (χ0) is 17.2. The van der Waals surface area contributed by atoms with E-state index in [0.717, 1.165) is 24.3 Å². The minimum Gasteiger partial charge on any atom is -0.366 e. The van der Waals surface area contributed by atoms with Gasteiger partial charge in [-0.2, -0.15) is 4.98 Å². The summed E-state index contributed by atoms with van der Waals surface area (Å²) in [5.74, 6) is 0.556. The van der Waals surface area contributed by atoms with E-state index < -0.39 is 0 Å². The van der Waals surface area contributed by atoms with Gasteiger partial charge in [0.2, 0.25) is 11.9 Å². The van der Waals surface area contributed by atoms with Crippen LogP contribution in [0.25, 0.3) is 5.69 Å². The molecule has 25 heavy (non-hydrogen) atoms. The third kappa shape index (κ3) is 3.10. The Kier molecular flexibility index (Phi) is 4.15. The van der Waals surface area contributed by atoms with E-state index in [1.54, 1.807) is 4.68 Å². The topological polar surface area (TPSA) is 77.0 Å². The lowest BCUT2D eigenvalue weighted by atomic mass is 10.2.